The molecule has 2 amide bonds. The van der Waals surface area contributed by atoms with E-state index < -0.39 is 0 Å². The van der Waals surface area contributed by atoms with E-state index in [2.05, 4.69) is 27.4 Å². The van der Waals surface area contributed by atoms with Gasteiger partial charge in [0.25, 0.3) is 5.91 Å². The quantitative estimate of drug-likeness (QED) is 0.319. The molecule has 3 rings (SSSR count). The number of hydrogen-bond donors (Lipinski definition) is 2. The lowest BCUT2D eigenvalue weighted by atomic mass is 10.2. The third-order valence-corrected chi connectivity index (χ3v) is 5.88. The molecule has 0 radical (unpaired) electrons. The van der Waals surface area contributed by atoms with Gasteiger partial charge in [-0.25, -0.2) is 0 Å². The number of ether oxygens (including phenoxy) is 2. The summed E-state index contributed by atoms with van der Waals surface area (Å²) in [7, 11) is 3.05. The lowest BCUT2D eigenvalue weighted by Gasteiger charge is -2.11. The first-order chi connectivity index (χ1) is 16.5. The second-order valence-corrected chi connectivity index (χ2v) is 8.14. The average molecular weight is 482 g/mol. The van der Waals surface area contributed by atoms with E-state index in [1.165, 1.54) is 26.0 Å². The van der Waals surface area contributed by atoms with Crippen molar-refractivity contribution < 1.29 is 19.1 Å². The molecule has 34 heavy (non-hydrogen) atoms. The van der Waals surface area contributed by atoms with Crippen LogP contribution in [0.5, 0.6) is 11.5 Å². The summed E-state index contributed by atoms with van der Waals surface area (Å²) in [5.74, 6) is 1.29. The number of anilines is 1. The van der Waals surface area contributed by atoms with Crippen LogP contribution < -0.4 is 20.1 Å². The van der Waals surface area contributed by atoms with Gasteiger partial charge in [-0.2, -0.15) is 0 Å². The molecule has 3 aromatic rings. The number of hydrogen-bond acceptors (Lipinski definition) is 7. The molecule has 9 nitrogen and oxygen atoms in total. The summed E-state index contributed by atoms with van der Waals surface area (Å²) in [6.07, 6.45) is 1.71. The van der Waals surface area contributed by atoms with E-state index in [1.807, 2.05) is 35.8 Å². The molecule has 2 N–H and O–H groups in total. The Balaban J connectivity index is 1.63. The number of carbonyl (C=O) groups is 2. The topological polar surface area (TPSA) is 107 Å². The van der Waals surface area contributed by atoms with Gasteiger partial charge in [-0.05, 0) is 36.8 Å². The number of aryl methyl sites for hydroxylation is 1. The molecule has 1 heterocycles. The summed E-state index contributed by atoms with van der Waals surface area (Å²) in [5, 5.41) is 14.7. The van der Waals surface area contributed by atoms with Crippen molar-refractivity contribution in [2.75, 3.05) is 25.3 Å². The molecule has 0 saturated carbocycles. The minimum absolute atomic E-state index is 0.143. The second kappa shape index (κ2) is 11.9. The fraction of sp³-hybridized carbons (Fsp3) is 0.250. The number of methoxy groups -OCH3 is 2. The molecule has 0 fully saturated rings. The molecule has 0 spiro atoms. The van der Waals surface area contributed by atoms with Crippen LogP contribution in [0.3, 0.4) is 0 Å². The van der Waals surface area contributed by atoms with Crippen molar-refractivity contribution in [3.8, 4) is 11.5 Å². The maximum absolute atomic E-state index is 12.6. The molecule has 0 aliphatic heterocycles. The predicted octanol–water partition coefficient (Wildman–Crippen LogP) is 3.45. The van der Waals surface area contributed by atoms with Crippen LogP contribution in [0.1, 0.15) is 21.7 Å². The van der Waals surface area contributed by atoms with Crippen molar-refractivity contribution in [3.05, 3.63) is 72.1 Å². The number of nitrogens with one attached hydrogen (secondary N) is 2. The number of allylic oxidation sites excluding steroid dienone is 1. The number of thioether (sulfide) groups is 1. The second-order valence-electron chi connectivity index (χ2n) is 7.20. The van der Waals surface area contributed by atoms with Gasteiger partial charge in [0.05, 0.1) is 26.5 Å². The van der Waals surface area contributed by atoms with Gasteiger partial charge in [-0.3, -0.25) is 9.59 Å². The first kappa shape index (κ1) is 24.8. The monoisotopic (exact) mass is 481 g/mol. The molecule has 2 aromatic carbocycles. The van der Waals surface area contributed by atoms with Crippen molar-refractivity contribution >= 4 is 29.3 Å². The number of nitrogens with zero attached hydrogens (tertiary/aromatic N) is 3. The summed E-state index contributed by atoms with van der Waals surface area (Å²) in [6.45, 7) is 6.31. The Morgan fingerprint density at radius 2 is 1.88 bits per heavy atom. The highest BCUT2D eigenvalue weighted by molar-refractivity contribution is 7.99. The number of rotatable bonds is 11. The first-order valence-corrected chi connectivity index (χ1v) is 11.5. The van der Waals surface area contributed by atoms with Gasteiger partial charge in [-0.1, -0.05) is 36.0 Å². The molecule has 10 heteroatoms. The predicted molar refractivity (Wildman–Crippen MR) is 131 cm³/mol. The SMILES string of the molecule is C=CCn1c(CNC(=O)c2ccc(OC)c(OC)c2)nnc1SCC(=O)Nc1ccccc1C. The number of amides is 2. The Labute approximate surface area is 202 Å². The highest BCUT2D eigenvalue weighted by atomic mass is 32.2. The van der Waals surface area contributed by atoms with Crippen LogP contribution in [0.25, 0.3) is 0 Å². The molecule has 0 unspecified atom stereocenters. The van der Waals surface area contributed by atoms with Crippen molar-refractivity contribution in [1.29, 1.82) is 0 Å². The number of benzene rings is 2. The van der Waals surface area contributed by atoms with E-state index in [4.69, 9.17) is 9.47 Å². The van der Waals surface area contributed by atoms with Crippen LogP contribution >= 0.6 is 11.8 Å². The van der Waals surface area contributed by atoms with Crippen LogP contribution in [-0.4, -0.2) is 46.6 Å². The molecule has 1 aromatic heterocycles. The van der Waals surface area contributed by atoms with Gasteiger partial charge in [-0.15, -0.1) is 16.8 Å². The number of para-hydroxylation sites is 1. The zero-order valence-corrected chi connectivity index (χ0v) is 20.1. The van der Waals surface area contributed by atoms with Gasteiger partial charge in [0, 0.05) is 17.8 Å². The lowest BCUT2D eigenvalue weighted by Crippen LogP contribution is -2.25. The molecule has 0 aliphatic rings. The molecular formula is C24H27N5O4S. The zero-order valence-electron chi connectivity index (χ0n) is 19.3. The highest BCUT2D eigenvalue weighted by Gasteiger charge is 2.16. The Morgan fingerprint density at radius 1 is 1.12 bits per heavy atom. The number of aromatic nitrogens is 3. The average Bonchev–Trinajstić information content (AvgIpc) is 3.23. The van der Waals surface area contributed by atoms with E-state index in [0.717, 1.165) is 11.3 Å². The third kappa shape index (κ3) is 6.16. The van der Waals surface area contributed by atoms with Crippen LogP contribution in [0.4, 0.5) is 5.69 Å². The smallest absolute Gasteiger partial charge is 0.251 e. The Hall–Kier alpha value is -3.79. The molecule has 178 valence electrons. The molecule has 0 atom stereocenters. The summed E-state index contributed by atoms with van der Waals surface area (Å²) in [4.78, 5) is 25.0. The molecule has 0 bridgehead atoms. The first-order valence-electron chi connectivity index (χ1n) is 10.5. The molecular weight excluding hydrogens is 454 g/mol. The van der Waals surface area contributed by atoms with Crippen LogP contribution in [-0.2, 0) is 17.9 Å². The minimum Gasteiger partial charge on any atom is -0.493 e. The molecule has 0 aliphatic carbocycles. The lowest BCUT2D eigenvalue weighted by molar-refractivity contribution is -0.113. The van der Waals surface area contributed by atoms with Crippen molar-refractivity contribution in [2.45, 2.75) is 25.2 Å². The van der Waals surface area contributed by atoms with Crippen molar-refractivity contribution in [2.24, 2.45) is 0 Å². The Kier molecular flexibility index (Phi) is 8.69. The van der Waals surface area contributed by atoms with Crippen LogP contribution in [0.2, 0.25) is 0 Å². The normalized spacial score (nSPS) is 10.4. The summed E-state index contributed by atoms with van der Waals surface area (Å²) in [6, 6.07) is 12.5. The van der Waals surface area contributed by atoms with Gasteiger partial charge in [0.2, 0.25) is 5.91 Å². The van der Waals surface area contributed by atoms with E-state index in [-0.39, 0.29) is 24.1 Å². The molecule has 0 saturated heterocycles. The highest BCUT2D eigenvalue weighted by Crippen LogP contribution is 2.27. The van der Waals surface area contributed by atoms with Gasteiger partial charge in [0.1, 0.15) is 0 Å². The van der Waals surface area contributed by atoms with E-state index in [9.17, 15) is 9.59 Å². The van der Waals surface area contributed by atoms with E-state index in [1.54, 1.807) is 24.3 Å². The summed E-state index contributed by atoms with van der Waals surface area (Å²) < 4.78 is 12.3. The van der Waals surface area contributed by atoms with Crippen molar-refractivity contribution in [1.82, 2.24) is 20.1 Å². The van der Waals surface area contributed by atoms with Crippen molar-refractivity contribution in [3.63, 3.8) is 0 Å². The maximum Gasteiger partial charge on any atom is 0.251 e. The van der Waals surface area contributed by atoms with E-state index in [0.29, 0.717) is 34.6 Å². The maximum atomic E-state index is 12.6. The van der Waals surface area contributed by atoms with E-state index >= 15 is 0 Å². The zero-order chi connectivity index (χ0) is 24.5. The fourth-order valence-electron chi connectivity index (χ4n) is 3.14. The third-order valence-electron chi connectivity index (χ3n) is 4.91. The van der Waals surface area contributed by atoms with Gasteiger partial charge < -0.3 is 24.7 Å². The standard InChI is InChI=1S/C24H27N5O4S/c1-5-12-29-21(14-25-23(31)17-10-11-19(32-3)20(13-17)33-4)27-28-24(29)34-15-22(30)26-18-9-7-6-8-16(18)2/h5-11,13H,1,12,14-15H2,2-4H3,(H,25,31)(H,26,30). The Morgan fingerprint density at radius 3 is 2.59 bits per heavy atom. The largest absolute Gasteiger partial charge is 0.493 e. The minimum atomic E-state index is -0.291. The fourth-order valence-corrected chi connectivity index (χ4v) is 3.90. The summed E-state index contributed by atoms with van der Waals surface area (Å²) >= 11 is 1.27. The summed E-state index contributed by atoms with van der Waals surface area (Å²) in [5.41, 5.74) is 2.19. The van der Waals surface area contributed by atoms with Gasteiger partial charge in [0.15, 0.2) is 22.5 Å². The van der Waals surface area contributed by atoms with Crippen LogP contribution in [0, 0.1) is 6.92 Å². The van der Waals surface area contributed by atoms with Crippen LogP contribution in [0.15, 0.2) is 60.3 Å². The van der Waals surface area contributed by atoms with Gasteiger partial charge >= 0.3 is 0 Å². The number of carbonyl (C=O) groups excluding carboxylic acids is 2. The Bertz CT molecular complexity index is 1180.